The molecular weight excluding hydrogens is 326 g/mol. The molecule has 1 aromatic carbocycles. The monoisotopic (exact) mass is 347 g/mol. The molecule has 0 saturated carbocycles. The third kappa shape index (κ3) is 3.19. The molecule has 0 bridgehead atoms. The molecule has 0 unspecified atom stereocenters. The van der Waals surface area contributed by atoms with Gasteiger partial charge in [0.05, 0.1) is 28.5 Å². The first-order chi connectivity index (χ1) is 10.1. The first kappa shape index (κ1) is 17.4. The summed E-state index contributed by atoms with van der Waals surface area (Å²) < 4.78 is 50.1. The van der Waals surface area contributed by atoms with Crippen LogP contribution < -0.4 is 0 Å². The minimum atomic E-state index is -3.86. The van der Waals surface area contributed by atoms with Crippen molar-refractivity contribution < 1.29 is 21.9 Å². The van der Waals surface area contributed by atoms with Gasteiger partial charge in [-0.1, -0.05) is 24.6 Å². The Kier molecular flexibility index (Phi) is 4.68. The first-order valence-electron chi connectivity index (χ1n) is 7.06. The van der Waals surface area contributed by atoms with E-state index in [4.69, 9.17) is 0 Å². The van der Waals surface area contributed by atoms with Crippen molar-refractivity contribution in [3.05, 3.63) is 29.3 Å². The smallest absolute Gasteiger partial charge is 0.243 e. The van der Waals surface area contributed by atoms with Crippen LogP contribution in [0.3, 0.4) is 0 Å². The Morgan fingerprint density at radius 1 is 1.27 bits per heavy atom. The second-order valence-electron chi connectivity index (χ2n) is 5.69. The average molecular weight is 347 g/mol. The van der Waals surface area contributed by atoms with Gasteiger partial charge >= 0.3 is 0 Å². The summed E-state index contributed by atoms with van der Waals surface area (Å²) in [4.78, 5) is 0.149. The van der Waals surface area contributed by atoms with Gasteiger partial charge in [-0.3, -0.25) is 0 Å². The lowest BCUT2D eigenvalue weighted by Crippen LogP contribution is -2.46. The fraction of sp³-hybridized carbons (Fsp3) is 0.571. The molecule has 1 fully saturated rings. The number of sulfonamides is 1. The van der Waals surface area contributed by atoms with E-state index >= 15 is 0 Å². The molecule has 1 saturated heterocycles. The molecule has 0 spiro atoms. The molecule has 0 radical (unpaired) electrons. The predicted octanol–water partition coefficient (Wildman–Crippen LogP) is 0.472. The van der Waals surface area contributed by atoms with Crippen LogP contribution in [0.4, 0.5) is 0 Å². The third-order valence-corrected chi connectivity index (χ3v) is 7.75. The summed E-state index contributed by atoms with van der Waals surface area (Å²) in [6, 6.07) is 4.07. The number of likely N-dealkylation sites (N-methyl/N-ethyl adjacent to an activating group) is 1. The standard InChI is InChI=1S/C14H21NO5S2/c1-4-15(12-8-21(17,18)9-13(12)16)22(19,20)14-6-5-10(2)7-11(14)3/h5-7,12-13,16H,4,8-9H2,1-3H3/t12-,13-/m1/s1. The molecule has 2 rings (SSSR count). The zero-order chi connectivity index (χ0) is 16.7. The van der Waals surface area contributed by atoms with Gasteiger partial charge in [0.1, 0.15) is 0 Å². The van der Waals surface area contributed by atoms with Gasteiger partial charge in [0, 0.05) is 6.54 Å². The summed E-state index contributed by atoms with van der Waals surface area (Å²) in [7, 11) is -7.27. The van der Waals surface area contributed by atoms with Crippen molar-refractivity contribution in [2.45, 2.75) is 37.8 Å². The van der Waals surface area contributed by atoms with E-state index in [0.29, 0.717) is 5.56 Å². The highest BCUT2D eigenvalue weighted by Gasteiger charge is 2.44. The summed E-state index contributed by atoms with van der Waals surface area (Å²) in [6.45, 7) is 5.31. The molecule has 0 amide bonds. The lowest BCUT2D eigenvalue weighted by atomic mass is 10.2. The third-order valence-electron chi connectivity index (χ3n) is 3.89. The number of nitrogens with zero attached hydrogens (tertiary/aromatic N) is 1. The normalized spacial score (nSPS) is 24.8. The maximum absolute atomic E-state index is 12.9. The molecule has 124 valence electrons. The van der Waals surface area contributed by atoms with Crippen LogP contribution in [-0.4, -0.2) is 56.4 Å². The van der Waals surface area contributed by atoms with Gasteiger partial charge in [-0.05, 0) is 25.5 Å². The summed E-state index contributed by atoms with van der Waals surface area (Å²) in [5.74, 6) is -0.733. The van der Waals surface area contributed by atoms with Crippen LogP contribution in [0.1, 0.15) is 18.1 Å². The van der Waals surface area contributed by atoms with Crippen molar-refractivity contribution in [3.63, 3.8) is 0 Å². The molecule has 1 N–H and O–H groups in total. The van der Waals surface area contributed by atoms with Crippen LogP contribution in [0.2, 0.25) is 0 Å². The summed E-state index contributed by atoms with van der Waals surface area (Å²) in [6.07, 6.45) is -1.19. The van der Waals surface area contributed by atoms with Crippen molar-refractivity contribution in [1.82, 2.24) is 4.31 Å². The molecule has 1 heterocycles. The fourth-order valence-electron chi connectivity index (χ4n) is 2.88. The topological polar surface area (TPSA) is 91.8 Å². The molecule has 1 aliphatic heterocycles. The van der Waals surface area contributed by atoms with Crippen molar-refractivity contribution in [2.24, 2.45) is 0 Å². The largest absolute Gasteiger partial charge is 0.390 e. The maximum atomic E-state index is 12.9. The Balaban J connectivity index is 2.46. The van der Waals surface area contributed by atoms with Crippen molar-refractivity contribution in [2.75, 3.05) is 18.1 Å². The van der Waals surface area contributed by atoms with E-state index in [1.807, 2.05) is 6.92 Å². The minimum Gasteiger partial charge on any atom is -0.390 e. The molecule has 1 aromatic rings. The number of sulfone groups is 1. The molecule has 2 atom stereocenters. The van der Waals surface area contributed by atoms with Crippen LogP contribution in [0.15, 0.2) is 23.1 Å². The molecule has 22 heavy (non-hydrogen) atoms. The number of benzene rings is 1. The number of aliphatic hydroxyl groups excluding tert-OH is 1. The molecular formula is C14H21NO5S2. The Morgan fingerprint density at radius 2 is 1.91 bits per heavy atom. The highest BCUT2D eigenvalue weighted by atomic mass is 32.2. The lowest BCUT2D eigenvalue weighted by molar-refractivity contribution is 0.130. The SMILES string of the molecule is CCN([C@@H]1CS(=O)(=O)C[C@H]1O)S(=O)(=O)c1ccc(C)cc1C. The molecule has 6 nitrogen and oxygen atoms in total. The van der Waals surface area contributed by atoms with Gasteiger partial charge in [0.25, 0.3) is 0 Å². The van der Waals surface area contributed by atoms with Gasteiger partial charge < -0.3 is 5.11 Å². The highest BCUT2D eigenvalue weighted by molar-refractivity contribution is 7.92. The highest BCUT2D eigenvalue weighted by Crippen LogP contribution is 2.27. The van der Waals surface area contributed by atoms with E-state index in [9.17, 15) is 21.9 Å². The molecule has 8 heteroatoms. The Bertz CT molecular complexity index is 770. The molecule has 0 aliphatic carbocycles. The van der Waals surface area contributed by atoms with Crippen LogP contribution in [0.25, 0.3) is 0 Å². The second kappa shape index (κ2) is 5.92. The second-order valence-corrected chi connectivity index (χ2v) is 9.70. The van der Waals surface area contributed by atoms with E-state index in [1.165, 1.54) is 6.07 Å². The van der Waals surface area contributed by atoms with Gasteiger partial charge in [-0.15, -0.1) is 0 Å². The fourth-order valence-corrected chi connectivity index (χ4v) is 6.65. The van der Waals surface area contributed by atoms with E-state index in [2.05, 4.69) is 0 Å². The zero-order valence-electron chi connectivity index (χ0n) is 12.9. The Hall–Kier alpha value is -0.960. The minimum absolute atomic E-state index is 0.104. The van der Waals surface area contributed by atoms with Crippen molar-refractivity contribution in [3.8, 4) is 0 Å². The van der Waals surface area contributed by atoms with Gasteiger partial charge in [0.2, 0.25) is 10.0 Å². The number of rotatable bonds is 4. The summed E-state index contributed by atoms with van der Waals surface area (Å²) >= 11 is 0. The van der Waals surface area contributed by atoms with E-state index in [1.54, 1.807) is 26.0 Å². The van der Waals surface area contributed by atoms with E-state index < -0.39 is 37.8 Å². The first-order valence-corrected chi connectivity index (χ1v) is 10.3. The Morgan fingerprint density at radius 3 is 2.36 bits per heavy atom. The molecule has 1 aliphatic rings. The van der Waals surface area contributed by atoms with Crippen LogP contribution >= 0.6 is 0 Å². The van der Waals surface area contributed by atoms with Crippen molar-refractivity contribution >= 4 is 19.9 Å². The van der Waals surface area contributed by atoms with Crippen LogP contribution in [0.5, 0.6) is 0 Å². The van der Waals surface area contributed by atoms with Gasteiger partial charge in [-0.2, -0.15) is 4.31 Å². The molecule has 0 aromatic heterocycles. The number of hydrogen-bond donors (Lipinski definition) is 1. The summed E-state index contributed by atoms with van der Waals surface area (Å²) in [5.41, 5.74) is 1.55. The maximum Gasteiger partial charge on any atom is 0.243 e. The predicted molar refractivity (Wildman–Crippen MR) is 83.9 cm³/mol. The number of aryl methyl sites for hydroxylation is 2. The number of hydrogen-bond acceptors (Lipinski definition) is 5. The average Bonchev–Trinajstić information content (AvgIpc) is 2.62. The van der Waals surface area contributed by atoms with E-state index in [0.717, 1.165) is 9.87 Å². The number of aliphatic hydroxyl groups is 1. The van der Waals surface area contributed by atoms with Gasteiger partial charge in [-0.25, -0.2) is 16.8 Å². The van der Waals surface area contributed by atoms with Crippen LogP contribution in [0, 0.1) is 13.8 Å². The van der Waals surface area contributed by atoms with Crippen molar-refractivity contribution in [1.29, 1.82) is 0 Å². The summed E-state index contributed by atoms with van der Waals surface area (Å²) in [5, 5.41) is 9.96. The zero-order valence-corrected chi connectivity index (χ0v) is 14.5. The van der Waals surface area contributed by atoms with Gasteiger partial charge in [0.15, 0.2) is 9.84 Å². The van der Waals surface area contributed by atoms with Crippen LogP contribution in [-0.2, 0) is 19.9 Å². The van der Waals surface area contributed by atoms with E-state index in [-0.39, 0.29) is 17.2 Å². The Labute approximate surface area is 131 Å². The lowest BCUT2D eigenvalue weighted by Gasteiger charge is -2.28. The quantitative estimate of drug-likeness (QED) is 0.855.